The molecule has 1 aromatic heterocycles. The maximum absolute atomic E-state index is 13.0. The second kappa shape index (κ2) is 9.62. The maximum Gasteiger partial charge on any atom is 0.499 e. The summed E-state index contributed by atoms with van der Waals surface area (Å²) < 4.78 is 66.5. The van der Waals surface area contributed by atoms with Gasteiger partial charge in [0.25, 0.3) is 5.91 Å². The van der Waals surface area contributed by atoms with Crippen LogP contribution in [0, 0.1) is 12.8 Å². The minimum absolute atomic E-state index is 0.0127. The molecule has 1 atom stereocenters. The number of aromatic nitrogens is 1. The van der Waals surface area contributed by atoms with Crippen molar-refractivity contribution in [2.24, 2.45) is 5.92 Å². The van der Waals surface area contributed by atoms with Crippen molar-refractivity contribution in [1.82, 2.24) is 10.3 Å². The van der Waals surface area contributed by atoms with Gasteiger partial charge >= 0.3 is 12.3 Å². The first-order valence-electron chi connectivity index (χ1n) is 9.74. The number of pyridine rings is 1. The zero-order chi connectivity index (χ0) is 24.3. The first-order chi connectivity index (χ1) is 14.7. The number of hydrogen-bond acceptors (Lipinski definition) is 4. The lowest BCUT2D eigenvalue weighted by Crippen LogP contribution is -2.41. The second-order valence-corrected chi connectivity index (χ2v) is 7.67. The van der Waals surface area contributed by atoms with Gasteiger partial charge in [-0.15, -0.1) is 0 Å². The van der Waals surface area contributed by atoms with Crippen LogP contribution in [0.1, 0.15) is 54.1 Å². The number of amides is 1. The van der Waals surface area contributed by atoms with Gasteiger partial charge in [-0.3, -0.25) is 14.6 Å². The number of ether oxygens (including phenoxy) is 1. The number of rotatable bonds is 8. The van der Waals surface area contributed by atoms with Crippen molar-refractivity contribution < 1.29 is 36.3 Å². The number of nitrogens with zero attached hydrogens (tertiary/aromatic N) is 1. The van der Waals surface area contributed by atoms with Crippen molar-refractivity contribution in [3.63, 3.8) is 0 Å². The molecule has 0 bridgehead atoms. The fraction of sp³-hybridized carbons (Fsp3) is 0.409. The van der Waals surface area contributed by atoms with E-state index >= 15 is 0 Å². The molecule has 1 heterocycles. The van der Waals surface area contributed by atoms with Gasteiger partial charge in [0.1, 0.15) is 11.5 Å². The van der Waals surface area contributed by atoms with Crippen molar-refractivity contribution in [2.45, 2.75) is 52.4 Å². The lowest BCUT2D eigenvalue weighted by molar-refractivity contribution is -0.360. The van der Waals surface area contributed by atoms with Crippen LogP contribution >= 0.6 is 0 Å². The van der Waals surface area contributed by atoms with Gasteiger partial charge in [0.2, 0.25) is 0 Å². The van der Waals surface area contributed by atoms with Gasteiger partial charge in [0, 0.05) is 29.3 Å². The van der Waals surface area contributed by atoms with Gasteiger partial charge in [0.05, 0.1) is 6.04 Å². The van der Waals surface area contributed by atoms with Gasteiger partial charge in [-0.05, 0) is 43.7 Å². The average molecular weight is 458 g/mol. The highest BCUT2D eigenvalue weighted by Crippen LogP contribution is 2.37. The molecule has 2 aromatic rings. The van der Waals surface area contributed by atoms with E-state index in [4.69, 9.17) is 0 Å². The zero-order valence-corrected chi connectivity index (χ0v) is 17.9. The van der Waals surface area contributed by atoms with E-state index in [1.807, 2.05) is 0 Å². The molecule has 2 rings (SSSR count). The minimum Gasteiger partial charge on any atom is -0.426 e. The van der Waals surface area contributed by atoms with Crippen LogP contribution in [0.2, 0.25) is 0 Å². The van der Waals surface area contributed by atoms with Gasteiger partial charge in [-0.1, -0.05) is 26.0 Å². The van der Waals surface area contributed by atoms with E-state index in [2.05, 4.69) is 15.0 Å². The van der Waals surface area contributed by atoms with E-state index < -0.39 is 30.0 Å². The third kappa shape index (κ3) is 6.48. The molecule has 174 valence electrons. The summed E-state index contributed by atoms with van der Waals surface area (Å²) in [6, 6.07) is 6.96. The number of alkyl halides is 5. The topological polar surface area (TPSA) is 68.3 Å². The number of benzene rings is 1. The molecule has 32 heavy (non-hydrogen) atoms. The van der Waals surface area contributed by atoms with Crippen molar-refractivity contribution in [3.05, 3.63) is 58.9 Å². The fourth-order valence-corrected chi connectivity index (χ4v) is 2.74. The zero-order valence-electron chi connectivity index (χ0n) is 17.9. The fourth-order valence-electron chi connectivity index (χ4n) is 2.74. The largest absolute Gasteiger partial charge is 0.499 e. The summed E-state index contributed by atoms with van der Waals surface area (Å²) in [4.78, 5) is 28.9. The number of nitrogens with one attached hydrogen (secondary N) is 1. The Hall–Kier alpha value is -3.04. The average Bonchev–Trinajstić information content (AvgIpc) is 2.66. The molecule has 1 amide bonds. The van der Waals surface area contributed by atoms with Crippen molar-refractivity contribution in [2.75, 3.05) is 0 Å². The van der Waals surface area contributed by atoms with Crippen LogP contribution in [0.25, 0.3) is 0 Å². The van der Waals surface area contributed by atoms with E-state index in [-0.39, 0.29) is 18.1 Å². The van der Waals surface area contributed by atoms with Crippen LogP contribution in [0.4, 0.5) is 22.0 Å². The Morgan fingerprint density at radius 2 is 1.62 bits per heavy atom. The third-order valence-corrected chi connectivity index (χ3v) is 4.57. The van der Waals surface area contributed by atoms with Gasteiger partial charge in [0.15, 0.2) is 0 Å². The Labute approximate surface area is 182 Å². The predicted octanol–water partition coefficient (Wildman–Crippen LogP) is 5.18. The smallest absolute Gasteiger partial charge is 0.426 e. The van der Waals surface area contributed by atoms with Crippen LogP contribution in [0.3, 0.4) is 0 Å². The normalized spacial score (nSPS) is 13.1. The lowest BCUT2D eigenvalue weighted by atomic mass is 10.0. The molecule has 1 N–H and O–H groups in total. The molecule has 0 saturated carbocycles. The number of hydrogen-bond donors (Lipinski definition) is 1. The molecule has 0 fully saturated rings. The van der Waals surface area contributed by atoms with Gasteiger partial charge < -0.3 is 10.1 Å². The Morgan fingerprint density at radius 1 is 1.03 bits per heavy atom. The summed E-state index contributed by atoms with van der Waals surface area (Å²) in [5, 5.41) is 2.71. The molecule has 0 aliphatic heterocycles. The van der Waals surface area contributed by atoms with Crippen molar-refractivity contribution in [3.8, 4) is 5.75 Å². The second-order valence-electron chi connectivity index (χ2n) is 7.67. The molecule has 0 aliphatic rings. The lowest BCUT2D eigenvalue weighted by Gasteiger charge is -2.20. The molecule has 0 saturated heterocycles. The predicted molar refractivity (Wildman–Crippen MR) is 106 cm³/mol. The standard InChI is InChI=1S/C22H23F5N2O3/c1-12(2)19(30)11-17-10-16(9-13(3)28-17)20(31)29-14(4)15-5-7-18(8-6-15)32-22(26,27)21(23,24)25/h5-10,12,14H,11H2,1-4H3,(H,29,31). The summed E-state index contributed by atoms with van der Waals surface area (Å²) in [5.74, 6) is -1.30. The minimum atomic E-state index is -5.84. The monoisotopic (exact) mass is 458 g/mol. The van der Waals surface area contributed by atoms with Crippen LogP contribution in [-0.4, -0.2) is 29.0 Å². The van der Waals surface area contributed by atoms with E-state index in [1.54, 1.807) is 33.8 Å². The number of Topliss-reactive ketones (excluding diaryl/α,β-unsaturated/α-hetero) is 1. The van der Waals surface area contributed by atoms with E-state index in [0.717, 1.165) is 12.1 Å². The Bertz CT molecular complexity index is 973. The summed E-state index contributed by atoms with van der Waals surface area (Å²) in [5.41, 5.74) is 1.78. The van der Waals surface area contributed by atoms with Gasteiger partial charge in [-0.25, -0.2) is 0 Å². The Balaban J connectivity index is 2.09. The molecular formula is C22H23F5N2O3. The van der Waals surface area contributed by atoms with Crippen LogP contribution in [0.5, 0.6) is 5.75 Å². The first kappa shape index (κ1) is 25.2. The van der Waals surface area contributed by atoms with Crippen LogP contribution < -0.4 is 10.1 Å². The van der Waals surface area contributed by atoms with Crippen molar-refractivity contribution >= 4 is 11.7 Å². The quantitative estimate of drug-likeness (QED) is 0.554. The van der Waals surface area contributed by atoms with Crippen LogP contribution in [-0.2, 0) is 11.2 Å². The molecule has 1 aromatic carbocycles. The van der Waals surface area contributed by atoms with Crippen molar-refractivity contribution in [1.29, 1.82) is 0 Å². The Kier molecular flexibility index (Phi) is 7.58. The maximum atomic E-state index is 13.0. The molecule has 5 nitrogen and oxygen atoms in total. The summed E-state index contributed by atoms with van der Waals surface area (Å²) >= 11 is 0. The Morgan fingerprint density at radius 3 is 2.16 bits per heavy atom. The number of aryl methyl sites for hydroxylation is 1. The molecule has 0 radical (unpaired) electrons. The van der Waals surface area contributed by atoms with E-state index in [0.29, 0.717) is 22.5 Å². The van der Waals surface area contributed by atoms with Gasteiger partial charge in [-0.2, -0.15) is 22.0 Å². The summed E-state index contributed by atoms with van der Waals surface area (Å²) in [6.07, 6.45) is -11.1. The summed E-state index contributed by atoms with van der Waals surface area (Å²) in [6.45, 7) is 6.86. The molecule has 1 unspecified atom stereocenters. The van der Waals surface area contributed by atoms with E-state index in [1.165, 1.54) is 18.2 Å². The molecule has 0 aliphatic carbocycles. The SMILES string of the molecule is Cc1cc(C(=O)NC(C)c2ccc(OC(F)(F)C(F)(F)F)cc2)cc(CC(=O)C(C)C)n1. The molecule has 0 spiro atoms. The van der Waals surface area contributed by atoms with Crippen LogP contribution in [0.15, 0.2) is 36.4 Å². The first-order valence-corrected chi connectivity index (χ1v) is 9.74. The number of carbonyl (C=O) groups excluding carboxylic acids is 2. The number of carbonyl (C=O) groups is 2. The van der Waals surface area contributed by atoms with E-state index in [9.17, 15) is 31.5 Å². The number of ketones is 1. The third-order valence-electron chi connectivity index (χ3n) is 4.57. The highest BCUT2D eigenvalue weighted by molar-refractivity contribution is 5.95. The summed E-state index contributed by atoms with van der Waals surface area (Å²) in [7, 11) is 0. The highest BCUT2D eigenvalue weighted by Gasteiger charge is 2.61. The molecule has 10 heteroatoms. The molecular weight excluding hydrogens is 435 g/mol. The number of halogens is 5. The highest BCUT2D eigenvalue weighted by atomic mass is 19.4.